The lowest BCUT2D eigenvalue weighted by Crippen LogP contribution is -2.41. The maximum absolute atomic E-state index is 12.2. The van der Waals surface area contributed by atoms with Crippen LogP contribution in [0.4, 0.5) is 0 Å². The van der Waals surface area contributed by atoms with E-state index in [0.29, 0.717) is 29.2 Å². The average Bonchev–Trinajstić information content (AvgIpc) is 2.66. The van der Waals surface area contributed by atoms with Gasteiger partial charge in [-0.1, -0.05) is 19.1 Å². The van der Waals surface area contributed by atoms with Crippen molar-refractivity contribution in [1.29, 1.82) is 0 Å². The summed E-state index contributed by atoms with van der Waals surface area (Å²) in [6, 6.07) is 12.0. The van der Waals surface area contributed by atoms with Crippen LogP contribution in [-0.4, -0.2) is 25.5 Å². The van der Waals surface area contributed by atoms with Gasteiger partial charge < -0.3 is 9.47 Å². The van der Waals surface area contributed by atoms with Gasteiger partial charge in [0.2, 0.25) is 0 Å². The van der Waals surface area contributed by atoms with Crippen molar-refractivity contribution in [2.45, 2.75) is 20.3 Å². The second-order valence-electron chi connectivity index (χ2n) is 5.26. The van der Waals surface area contributed by atoms with Gasteiger partial charge in [-0.3, -0.25) is 20.4 Å². The highest BCUT2D eigenvalue weighted by Gasteiger charge is 2.12. The van der Waals surface area contributed by atoms with Crippen LogP contribution in [0.5, 0.6) is 11.5 Å². The highest BCUT2D eigenvalue weighted by Crippen LogP contribution is 2.27. The summed E-state index contributed by atoms with van der Waals surface area (Å²) >= 11 is 0. The molecule has 0 unspecified atom stereocenters. The van der Waals surface area contributed by atoms with E-state index in [-0.39, 0.29) is 5.91 Å². The van der Waals surface area contributed by atoms with Gasteiger partial charge in [-0.05, 0) is 49.2 Å². The van der Waals surface area contributed by atoms with Crippen molar-refractivity contribution in [3.8, 4) is 11.5 Å². The molecule has 2 amide bonds. The van der Waals surface area contributed by atoms with Gasteiger partial charge >= 0.3 is 0 Å². The molecule has 0 heterocycles. The molecule has 0 spiro atoms. The third-order valence-electron chi connectivity index (χ3n) is 3.64. The lowest BCUT2D eigenvalue weighted by Gasteiger charge is -2.11. The fraction of sp³-hybridized carbons (Fsp3) is 0.263. The molecule has 0 saturated carbocycles. The fourth-order valence-electron chi connectivity index (χ4n) is 2.23. The fourth-order valence-corrected chi connectivity index (χ4v) is 2.23. The van der Waals surface area contributed by atoms with Crippen molar-refractivity contribution >= 4 is 11.8 Å². The molecular weight excluding hydrogens is 320 g/mol. The van der Waals surface area contributed by atoms with Crippen LogP contribution >= 0.6 is 0 Å². The van der Waals surface area contributed by atoms with Crippen LogP contribution < -0.4 is 20.3 Å². The smallest absolute Gasteiger partial charge is 0.269 e. The van der Waals surface area contributed by atoms with Crippen LogP contribution in [0.15, 0.2) is 42.5 Å². The number of hydrazine groups is 1. The maximum Gasteiger partial charge on any atom is 0.269 e. The Balaban J connectivity index is 2.00. The van der Waals surface area contributed by atoms with Crippen molar-refractivity contribution in [3.63, 3.8) is 0 Å². The number of benzene rings is 2. The standard InChI is InChI=1S/C19H22N2O4/c1-4-13-6-8-14(9-7-13)18(22)20-21-19(23)15-10-11-16(25-5-2)17(12-15)24-3/h6-12H,4-5H2,1-3H3,(H,20,22)(H,21,23). The highest BCUT2D eigenvalue weighted by atomic mass is 16.5. The van der Waals surface area contributed by atoms with Gasteiger partial charge in [0.25, 0.3) is 11.8 Å². The summed E-state index contributed by atoms with van der Waals surface area (Å²) in [5.74, 6) is 0.186. The largest absolute Gasteiger partial charge is 0.493 e. The normalized spacial score (nSPS) is 10.0. The van der Waals surface area contributed by atoms with E-state index in [1.807, 2.05) is 26.0 Å². The topological polar surface area (TPSA) is 76.7 Å². The number of carbonyl (C=O) groups is 2. The first kappa shape index (κ1) is 18.3. The molecular formula is C19H22N2O4. The number of methoxy groups -OCH3 is 1. The Morgan fingerprint density at radius 3 is 2.04 bits per heavy atom. The molecule has 2 N–H and O–H groups in total. The monoisotopic (exact) mass is 342 g/mol. The van der Waals surface area contributed by atoms with E-state index < -0.39 is 5.91 Å². The minimum absolute atomic E-state index is 0.349. The van der Waals surface area contributed by atoms with Gasteiger partial charge in [0, 0.05) is 11.1 Å². The minimum Gasteiger partial charge on any atom is -0.493 e. The van der Waals surface area contributed by atoms with Crippen LogP contribution in [0, 0.1) is 0 Å². The average molecular weight is 342 g/mol. The Bertz CT molecular complexity index is 742. The third-order valence-corrected chi connectivity index (χ3v) is 3.64. The molecule has 2 rings (SSSR count). The summed E-state index contributed by atoms with van der Waals surface area (Å²) in [4.78, 5) is 24.3. The van der Waals surface area contributed by atoms with Crippen LogP contribution in [-0.2, 0) is 6.42 Å². The second kappa shape index (κ2) is 8.73. The molecule has 25 heavy (non-hydrogen) atoms. The summed E-state index contributed by atoms with van der Waals surface area (Å²) in [5, 5.41) is 0. The number of aryl methyl sites for hydroxylation is 1. The first-order chi connectivity index (χ1) is 12.1. The lowest BCUT2D eigenvalue weighted by atomic mass is 10.1. The van der Waals surface area contributed by atoms with Gasteiger partial charge in [-0.2, -0.15) is 0 Å². The SMILES string of the molecule is CCOc1ccc(C(=O)NNC(=O)c2ccc(CC)cc2)cc1OC. The maximum atomic E-state index is 12.2. The predicted octanol–water partition coefficient (Wildman–Crippen LogP) is 2.73. The molecule has 0 atom stereocenters. The summed E-state index contributed by atoms with van der Waals surface area (Å²) in [5.41, 5.74) is 6.76. The zero-order valence-corrected chi connectivity index (χ0v) is 14.6. The van der Waals surface area contributed by atoms with E-state index in [1.165, 1.54) is 7.11 Å². The van der Waals surface area contributed by atoms with E-state index in [1.54, 1.807) is 30.3 Å². The van der Waals surface area contributed by atoms with E-state index >= 15 is 0 Å². The summed E-state index contributed by atoms with van der Waals surface area (Å²) in [7, 11) is 1.50. The summed E-state index contributed by atoms with van der Waals surface area (Å²) < 4.78 is 10.6. The van der Waals surface area contributed by atoms with Crippen LogP contribution in [0.1, 0.15) is 40.1 Å². The molecule has 0 radical (unpaired) electrons. The molecule has 2 aromatic carbocycles. The number of rotatable bonds is 6. The molecule has 132 valence electrons. The molecule has 2 aromatic rings. The van der Waals surface area contributed by atoms with Crippen LogP contribution in [0.25, 0.3) is 0 Å². The van der Waals surface area contributed by atoms with E-state index in [4.69, 9.17) is 9.47 Å². The van der Waals surface area contributed by atoms with Crippen molar-refractivity contribution < 1.29 is 19.1 Å². The number of ether oxygens (including phenoxy) is 2. The van der Waals surface area contributed by atoms with Gasteiger partial charge in [-0.15, -0.1) is 0 Å². The number of carbonyl (C=O) groups excluding carboxylic acids is 2. The van der Waals surface area contributed by atoms with Crippen molar-refractivity contribution in [3.05, 3.63) is 59.2 Å². The molecule has 0 aliphatic carbocycles. The molecule has 0 aliphatic heterocycles. The third kappa shape index (κ3) is 4.73. The van der Waals surface area contributed by atoms with E-state index in [9.17, 15) is 9.59 Å². The first-order valence-electron chi connectivity index (χ1n) is 8.09. The minimum atomic E-state index is -0.445. The molecule has 6 nitrogen and oxygen atoms in total. The summed E-state index contributed by atoms with van der Waals surface area (Å²) in [6.07, 6.45) is 0.901. The summed E-state index contributed by atoms with van der Waals surface area (Å²) in [6.45, 7) is 4.40. The van der Waals surface area contributed by atoms with Crippen molar-refractivity contribution in [2.75, 3.05) is 13.7 Å². The number of nitrogens with one attached hydrogen (secondary N) is 2. The van der Waals surface area contributed by atoms with Gasteiger partial charge in [0.05, 0.1) is 13.7 Å². The Morgan fingerprint density at radius 2 is 1.48 bits per heavy atom. The number of amides is 2. The number of hydrogen-bond donors (Lipinski definition) is 2. The highest BCUT2D eigenvalue weighted by molar-refractivity contribution is 5.99. The zero-order chi connectivity index (χ0) is 18.2. The molecule has 6 heteroatoms. The van der Waals surface area contributed by atoms with Gasteiger partial charge in [0.15, 0.2) is 11.5 Å². The van der Waals surface area contributed by atoms with Crippen LogP contribution in [0.2, 0.25) is 0 Å². The Kier molecular flexibility index (Phi) is 6.39. The van der Waals surface area contributed by atoms with E-state index in [2.05, 4.69) is 10.9 Å². The zero-order valence-electron chi connectivity index (χ0n) is 14.6. The quantitative estimate of drug-likeness (QED) is 0.792. The molecule has 0 aliphatic rings. The van der Waals surface area contributed by atoms with Crippen molar-refractivity contribution in [2.24, 2.45) is 0 Å². The second-order valence-corrected chi connectivity index (χ2v) is 5.26. The first-order valence-corrected chi connectivity index (χ1v) is 8.09. The lowest BCUT2D eigenvalue weighted by molar-refractivity contribution is 0.0846. The Morgan fingerprint density at radius 1 is 0.880 bits per heavy atom. The predicted molar refractivity (Wildman–Crippen MR) is 94.9 cm³/mol. The van der Waals surface area contributed by atoms with E-state index in [0.717, 1.165) is 12.0 Å². The Labute approximate surface area is 147 Å². The Hall–Kier alpha value is -3.02. The molecule has 0 bridgehead atoms. The van der Waals surface area contributed by atoms with Crippen molar-refractivity contribution in [1.82, 2.24) is 10.9 Å². The molecule has 0 aromatic heterocycles. The van der Waals surface area contributed by atoms with Crippen LogP contribution in [0.3, 0.4) is 0 Å². The van der Waals surface area contributed by atoms with Gasteiger partial charge in [0.1, 0.15) is 0 Å². The molecule has 0 saturated heterocycles. The van der Waals surface area contributed by atoms with Gasteiger partial charge in [-0.25, -0.2) is 0 Å². The molecule has 0 fully saturated rings. The number of hydrogen-bond acceptors (Lipinski definition) is 4.